The van der Waals surface area contributed by atoms with Crippen LogP contribution < -0.4 is 15.4 Å². The van der Waals surface area contributed by atoms with E-state index in [9.17, 15) is 4.79 Å². The van der Waals surface area contributed by atoms with E-state index in [1.165, 1.54) is 12.4 Å². The van der Waals surface area contributed by atoms with Crippen LogP contribution in [0.2, 0.25) is 0 Å². The van der Waals surface area contributed by atoms with E-state index in [1.807, 2.05) is 44.4 Å². The minimum absolute atomic E-state index is 0.263. The third-order valence-electron chi connectivity index (χ3n) is 4.07. The van der Waals surface area contributed by atoms with Gasteiger partial charge in [-0.2, -0.15) is 0 Å². The Morgan fingerprint density at radius 2 is 1.62 bits per heavy atom. The monoisotopic (exact) mass is 391 g/mol. The molecule has 29 heavy (non-hydrogen) atoms. The van der Waals surface area contributed by atoms with Gasteiger partial charge in [0.25, 0.3) is 5.91 Å². The van der Waals surface area contributed by atoms with E-state index in [1.54, 1.807) is 24.3 Å². The first-order valence-corrected chi connectivity index (χ1v) is 9.45. The van der Waals surface area contributed by atoms with Crippen LogP contribution >= 0.6 is 0 Å². The fourth-order valence-corrected chi connectivity index (χ4v) is 2.57. The highest BCUT2D eigenvalue weighted by Crippen LogP contribution is 2.22. The summed E-state index contributed by atoms with van der Waals surface area (Å²) in [5, 5.41) is 5.98. The van der Waals surface area contributed by atoms with Crippen molar-refractivity contribution in [3.63, 3.8) is 0 Å². The average Bonchev–Trinajstić information content (AvgIpc) is 2.74. The number of amides is 1. The highest BCUT2D eigenvalue weighted by molar-refractivity contribution is 6.03. The fraction of sp³-hybridized carbons (Fsp3) is 0.227. The van der Waals surface area contributed by atoms with Gasteiger partial charge in [-0.25, -0.2) is 9.97 Å². The second-order valence-corrected chi connectivity index (χ2v) is 6.77. The van der Waals surface area contributed by atoms with Gasteiger partial charge < -0.3 is 20.3 Å². The predicted octanol–water partition coefficient (Wildman–Crippen LogP) is 3.88. The molecule has 0 atom stereocenters. The molecular formula is C22H25N5O2. The van der Waals surface area contributed by atoms with E-state index in [0.29, 0.717) is 22.9 Å². The molecule has 0 aliphatic rings. The van der Waals surface area contributed by atoms with Crippen molar-refractivity contribution < 1.29 is 9.53 Å². The lowest BCUT2D eigenvalue weighted by Gasteiger charge is -2.10. The second kappa shape index (κ2) is 10.2. The Morgan fingerprint density at radius 3 is 2.28 bits per heavy atom. The van der Waals surface area contributed by atoms with Crippen LogP contribution in [0.15, 0.2) is 67.0 Å². The maximum Gasteiger partial charge on any atom is 0.258 e. The van der Waals surface area contributed by atoms with E-state index in [-0.39, 0.29) is 5.91 Å². The van der Waals surface area contributed by atoms with E-state index in [2.05, 4.69) is 25.5 Å². The minimum Gasteiger partial charge on any atom is -0.457 e. The third kappa shape index (κ3) is 6.58. The van der Waals surface area contributed by atoms with E-state index in [0.717, 1.165) is 25.3 Å². The molecule has 0 spiro atoms. The molecule has 0 aliphatic heterocycles. The number of nitrogens with zero attached hydrogens (tertiary/aromatic N) is 3. The predicted molar refractivity (Wildman–Crippen MR) is 115 cm³/mol. The van der Waals surface area contributed by atoms with Gasteiger partial charge in [0, 0.05) is 24.6 Å². The summed E-state index contributed by atoms with van der Waals surface area (Å²) in [6.45, 7) is 1.77. The topological polar surface area (TPSA) is 79.4 Å². The summed E-state index contributed by atoms with van der Waals surface area (Å²) in [6.07, 6.45) is 4.02. The first-order valence-electron chi connectivity index (χ1n) is 9.45. The van der Waals surface area contributed by atoms with Gasteiger partial charge in [-0.3, -0.25) is 4.79 Å². The van der Waals surface area contributed by atoms with Crippen LogP contribution in [0.5, 0.6) is 11.5 Å². The summed E-state index contributed by atoms with van der Waals surface area (Å²) in [7, 11) is 4.07. The SMILES string of the molecule is CN(C)CCCNc1ncc(C(=O)Nc2ccc(Oc3ccccc3)cc2)cn1. The zero-order valence-electron chi connectivity index (χ0n) is 16.6. The number of anilines is 2. The first kappa shape index (κ1) is 20.3. The van der Waals surface area contributed by atoms with Crippen LogP contribution in [-0.2, 0) is 0 Å². The maximum absolute atomic E-state index is 12.4. The van der Waals surface area contributed by atoms with Crippen molar-refractivity contribution in [3.8, 4) is 11.5 Å². The number of para-hydroxylation sites is 1. The highest BCUT2D eigenvalue weighted by Gasteiger charge is 2.08. The van der Waals surface area contributed by atoms with E-state index in [4.69, 9.17) is 4.74 Å². The van der Waals surface area contributed by atoms with Crippen molar-refractivity contribution in [1.29, 1.82) is 0 Å². The van der Waals surface area contributed by atoms with Gasteiger partial charge in [0.05, 0.1) is 5.56 Å². The van der Waals surface area contributed by atoms with Crippen LogP contribution in [0.3, 0.4) is 0 Å². The Bertz CT molecular complexity index is 897. The normalized spacial score (nSPS) is 10.6. The zero-order chi connectivity index (χ0) is 20.5. The molecule has 0 radical (unpaired) electrons. The van der Waals surface area contributed by atoms with Crippen LogP contribution in [0.25, 0.3) is 0 Å². The van der Waals surface area contributed by atoms with Crippen molar-refractivity contribution in [2.45, 2.75) is 6.42 Å². The lowest BCUT2D eigenvalue weighted by atomic mass is 10.2. The molecule has 3 aromatic rings. The summed E-state index contributed by atoms with van der Waals surface area (Å²) in [4.78, 5) is 22.9. The average molecular weight is 391 g/mol. The molecule has 3 rings (SSSR count). The van der Waals surface area contributed by atoms with Gasteiger partial charge in [-0.1, -0.05) is 18.2 Å². The Balaban J connectivity index is 1.50. The molecule has 0 saturated carbocycles. The number of carbonyl (C=O) groups is 1. The van der Waals surface area contributed by atoms with Crippen molar-refractivity contribution >= 4 is 17.5 Å². The molecule has 0 fully saturated rings. The summed E-state index contributed by atoms with van der Waals surface area (Å²) < 4.78 is 5.75. The molecule has 7 nitrogen and oxygen atoms in total. The van der Waals surface area contributed by atoms with Crippen molar-refractivity contribution in [2.75, 3.05) is 37.8 Å². The largest absolute Gasteiger partial charge is 0.457 e. The lowest BCUT2D eigenvalue weighted by Crippen LogP contribution is -2.17. The van der Waals surface area contributed by atoms with Crippen LogP contribution in [0.1, 0.15) is 16.8 Å². The number of aromatic nitrogens is 2. The number of benzene rings is 2. The summed E-state index contributed by atoms with van der Waals surface area (Å²) in [5.74, 6) is 1.71. The van der Waals surface area contributed by atoms with Gasteiger partial charge in [0.2, 0.25) is 5.95 Å². The number of nitrogens with one attached hydrogen (secondary N) is 2. The quantitative estimate of drug-likeness (QED) is 0.539. The lowest BCUT2D eigenvalue weighted by molar-refractivity contribution is 0.102. The highest BCUT2D eigenvalue weighted by atomic mass is 16.5. The molecule has 1 aromatic heterocycles. The molecule has 0 saturated heterocycles. The molecule has 0 bridgehead atoms. The third-order valence-corrected chi connectivity index (χ3v) is 4.07. The number of hydrogen-bond donors (Lipinski definition) is 2. The van der Waals surface area contributed by atoms with Gasteiger partial charge in [0.15, 0.2) is 0 Å². The minimum atomic E-state index is -0.263. The Hall–Kier alpha value is -3.45. The molecule has 0 unspecified atom stereocenters. The van der Waals surface area contributed by atoms with E-state index < -0.39 is 0 Å². The molecule has 2 aromatic carbocycles. The van der Waals surface area contributed by atoms with Crippen molar-refractivity contribution in [1.82, 2.24) is 14.9 Å². The smallest absolute Gasteiger partial charge is 0.258 e. The Labute approximate surface area is 170 Å². The maximum atomic E-state index is 12.4. The molecule has 1 heterocycles. The van der Waals surface area contributed by atoms with Gasteiger partial charge >= 0.3 is 0 Å². The summed E-state index contributed by atoms with van der Waals surface area (Å²) >= 11 is 0. The molecular weight excluding hydrogens is 366 g/mol. The fourth-order valence-electron chi connectivity index (χ4n) is 2.57. The standard InChI is InChI=1S/C22H25N5O2/c1-27(2)14-6-13-23-22-24-15-17(16-25-22)21(28)26-18-9-11-20(12-10-18)29-19-7-4-3-5-8-19/h3-5,7-12,15-16H,6,13-14H2,1-2H3,(H,26,28)(H,23,24,25). The van der Waals surface area contributed by atoms with Crippen molar-refractivity contribution in [2.24, 2.45) is 0 Å². The Kier molecular flexibility index (Phi) is 7.13. The van der Waals surface area contributed by atoms with E-state index >= 15 is 0 Å². The van der Waals surface area contributed by atoms with Crippen molar-refractivity contribution in [3.05, 3.63) is 72.6 Å². The van der Waals surface area contributed by atoms with Crippen LogP contribution in [0.4, 0.5) is 11.6 Å². The molecule has 1 amide bonds. The number of rotatable bonds is 9. The molecule has 150 valence electrons. The summed E-state index contributed by atoms with van der Waals surface area (Å²) in [5.41, 5.74) is 1.06. The van der Waals surface area contributed by atoms with Gasteiger partial charge in [0.1, 0.15) is 11.5 Å². The molecule has 7 heteroatoms. The van der Waals surface area contributed by atoms with Crippen LogP contribution in [-0.4, -0.2) is 48.0 Å². The van der Waals surface area contributed by atoms with Gasteiger partial charge in [-0.05, 0) is 63.5 Å². The number of ether oxygens (including phenoxy) is 1. The van der Waals surface area contributed by atoms with Gasteiger partial charge in [-0.15, -0.1) is 0 Å². The molecule has 0 aliphatic carbocycles. The first-order chi connectivity index (χ1) is 14.1. The number of hydrogen-bond acceptors (Lipinski definition) is 6. The second-order valence-electron chi connectivity index (χ2n) is 6.77. The zero-order valence-corrected chi connectivity index (χ0v) is 16.6. The Morgan fingerprint density at radius 1 is 0.966 bits per heavy atom. The molecule has 2 N–H and O–H groups in total. The summed E-state index contributed by atoms with van der Waals surface area (Å²) in [6, 6.07) is 16.7. The van der Waals surface area contributed by atoms with Crippen LogP contribution in [0, 0.1) is 0 Å². The number of carbonyl (C=O) groups excluding carboxylic acids is 1.